The summed E-state index contributed by atoms with van der Waals surface area (Å²) in [6, 6.07) is 13.1. The van der Waals surface area contributed by atoms with Gasteiger partial charge in [-0.05, 0) is 48.6 Å². The number of hydrogen-bond acceptors (Lipinski definition) is 1. The molecule has 1 saturated carbocycles. The molecule has 0 amide bonds. The van der Waals surface area contributed by atoms with Crippen molar-refractivity contribution < 1.29 is 8.78 Å². The smallest absolute Gasteiger partial charge is 0.146 e. The molecule has 1 atom stereocenters. The third-order valence-corrected chi connectivity index (χ3v) is 3.51. The number of halogens is 2. The van der Waals surface area contributed by atoms with Crippen molar-refractivity contribution >= 4 is 5.69 Å². The molecule has 1 fully saturated rings. The third kappa shape index (κ3) is 2.75. The summed E-state index contributed by atoms with van der Waals surface area (Å²) in [7, 11) is 0. The minimum atomic E-state index is -0.254. The average Bonchev–Trinajstić information content (AvgIpc) is 3.24. The Labute approximate surface area is 111 Å². The van der Waals surface area contributed by atoms with Crippen LogP contribution in [0.4, 0.5) is 14.5 Å². The summed E-state index contributed by atoms with van der Waals surface area (Å²) < 4.78 is 26.7. The van der Waals surface area contributed by atoms with E-state index in [1.165, 1.54) is 18.2 Å². The second-order valence-electron chi connectivity index (χ2n) is 4.99. The Morgan fingerprint density at radius 1 is 0.947 bits per heavy atom. The molecule has 3 rings (SSSR count). The Kier molecular flexibility index (Phi) is 3.20. The van der Waals surface area contributed by atoms with Gasteiger partial charge in [0.05, 0.1) is 11.7 Å². The van der Waals surface area contributed by atoms with Gasteiger partial charge >= 0.3 is 0 Å². The van der Waals surface area contributed by atoms with Crippen molar-refractivity contribution in [3.8, 4) is 0 Å². The fraction of sp³-hybridized carbons (Fsp3) is 0.250. The first-order valence-electron chi connectivity index (χ1n) is 6.50. The molecule has 3 heteroatoms. The van der Waals surface area contributed by atoms with E-state index in [2.05, 4.69) is 5.32 Å². The summed E-state index contributed by atoms with van der Waals surface area (Å²) in [6.45, 7) is 0. The van der Waals surface area contributed by atoms with Crippen LogP contribution in [0.2, 0.25) is 0 Å². The molecule has 0 radical (unpaired) electrons. The molecule has 1 N–H and O–H groups in total. The Morgan fingerprint density at radius 3 is 2.26 bits per heavy atom. The van der Waals surface area contributed by atoms with Gasteiger partial charge in [-0.3, -0.25) is 0 Å². The van der Waals surface area contributed by atoms with Crippen molar-refractivity contribution in [2.75, 3.05) is 5.32 Å². The number of rotatable bonds is 4. The Balaban J connectivity index is 1.86. The van der Waals surface area contributed by atoms with E-state index in [1.54, 1.807) is 30.3 Å². The highest BCUT2D eigenvalue weighted by atomic mass is 19.1. The molecule has 1 aliphatic rings. The molecule has 0 bridgehead atoms. The van der Waals surface area contributed by atoms with Crippen LogP contribution in [0.3, 0.4) is 0 Å². The molecule has 2 aromatic carbocycles. The maximum atomic E-state index is 13.7. The Bertz CT molecular complexity index is 561. The summed E-state index contributed by atoms with van der Waals surface area (Å²) in [4.78, 5) is 0. The third-order valence-electron chi connectivity index (χ3n) is 3.51. The highest BCUT2D eigenvalue weighted by Gasteiger charge is 2.32. The van der Waals surface area contributed by atoms with Crippen molar-refractivity contribution in [1.29, 1.82) is 0 Å². The van der Waals surface area contributed by atoms with Gasteiger partial charge in [0.2, 0.25) is 0 Å². The first-order chi connectivity index (χ1) is 9.24. The van der Waals surface area contributed by atoms with E-state index >= 15 is 0 Å². The molecule has 1 unspecified atom stereocenters. The zero-order valence-electron chi connectivity index (χ0n) is 10.4. The van der Waals surface area contributed by atoms with Crippen molar-refractivity contribution in [3.05, 3.63) is 65.7 Å². The van der Waals surface area contributed by atoms with E-state index in [4.69, 9.17) is 0 Å². The molecular weight excluding hydrogens is 244 g/mol. The van der Waals surface area contributed by atoms with Crippen molar-refractivity contribution in [3.63, 3.8) is 0 Å². The first kappa shape index (κ1) is 12.2. The molecule has 1 nitrogen and oxygen atoms in total. The molecule has 1 aliphatic carbocycles. The van der Waals surface area contributed by atoms with Crippen LogP contribution in [0.5, 0.6) is 0 Å². The second-order valence-corrected chi connectivity index (χ2v) is 4.99. The monoisotopic (exact) mass is 259 g/mol. The quantitative estimate of drug-likeness (QED) is 0.850. The predicted octanol–water partition coefficient (Wildman–Crippen LogP) is 4.53. The molecule has 0 aliphatic heterocycles. The molecular formula is C16H15F2N. The molecule has 19 heavy (non-hydrogen) atoms. The van der Waals surface area contributed by atoms with Gasteiger partial charge < -0.3 is 5.32 Å². The zero-order valence-corrected chi connectivity index (χ0v) is 10.4. The van der Waals surface area contributed by atoms with Crippen LogP contribution < -0.4 is 5.32 Å². The maximum absolute atomic E-state index is 13.7. The van der Waals surface area contributed by atoms with Gasteiger partial charge in [0.15, 0.2) is 0 Å². The number of hydrogen-bond donors (Lipinski definition) is 1. The van der Waals surface area contributed by atoms with E-state index in [-0.39, 0.29) is 17.7 Å². The molecule has 0 heterocycles. The number of anilines is 1. The van der Waals surface area contributed by atoms with Gasteiger partial charge in [0, 0.05) is 0 Å². The fourth-order valence-electron chi connectivity index (χ4n) is 2.32. The second kappa shape index (κ2) is 5.00. The van der Waals surface area contributed by atoms with Crippen molar-refractivity contribution in [1.82, 2.24) is 0 Å². The van der Waals surface area contributed by atoms with Gasteiger partial charge in [-0.2, -0.15) is 0 Å². The predicted molar refractivity (Wildman–Crippen MR) is 71.9 cm³/mol. The van der Waals surface area contributed by atoms with Crippen molar-refractivity contribution in [2.45, 2.75) is 18.9 Å². The van der Waals surface area contributed by atoms with Crippen LogP contribution in [0.1, 0.15) is 24.4 Å². The summed E-state index contributed by atoms with van der Waals surface area (Å²) in [5, 5.41) is 3.25. The lowest BCUT2D eigenvalue weighted by molar-refractivity contribution is 0.611. The van der Waals surface area contributed by atoms with Gasteiger partial charge in [-0.25, -0.2) is 8.78 Å². The van der Waals surface area contributed by atoms with E-state index in [0.29, 0.717) is 11.6 Å². The molecule has 2 aromatic rings. The molecule has 0 saturated heterocycles. The first-order valence-corrected chi connectivity index (χ1v) is 6.50. The Morgan fingerprint density at radius 2 is 1.63 bits per heavy atom. The van der Waals surface area contributed by atoms with Crippen LogP contribution in [0.15, 0.2) is 48.5 Å². The lowest BCUT2D eigenvalue weighted by Crippen LogP contribution is -2.13. The summed E-state index contributed by atoms with van der Waals surface area (Å²) in [5.41, 5.74) is 1.51. The van der Waals surface area contributed by atoms with Gasteiger partial charge in [0.25, 0.3) is 0 Å². The van der Waals surface area contributed by atoms with E-state index < -0.39 is 0 Å². The SMILES string of the molecule is Fc1ccc(C(Nc2ccccc2F)C2CC2)cc1. The largest absolute Gasteiger partial charge is 0.376 e. The lowest BCUT2D eigenvalue weighted by Gasteiger charge is -2.20. The van der Waals surface area contributed by atoms with Gasteiger partial charge in [0.1, 0.15) is 11.6 Å². The minimum absolute atomic E-state index is 0.0532. The van der Waals surface area contributed by atoms with Crippen molar-refractivity contribution in [2.24, 2.45) is 5.92 Å². The number of para-hydroxylation sites is 1. The summed E-state index contributed by atoms with van der Waals surface area (Å²) in [5.74, 6) is 0.00418. The highest BCUT2D eigenvalue weighted by Crippen LogP contribution is 2.43. The van der Waals surface area contributed by atoms with Crippen LogP contribution in [0.25, 0.3) is 0 Å². The summed E-state index contributed by atoms with van der Waals surface area (Å²) >= 11 is 0. The molecule has 98 valence electrons. The van der Waals surface area contributed by atoms with Crippen LogP contribution in [-0.2, 0) is 0 Å². The van der Waals surface area contributed by atoms with Gasteiger partial charge in [-0.15, -0.1) is 0 Å². The van der Waals surface area contributed by atoms with Crippen LogP contribution in [0, 0.1) is 17.6 Å². The van der Waals surface area contributed by atoms with Crippen LogP contribution in [-0.4, -0.2) is 0 Å². The number of nitrogens with one attached hydrogen (secondary N) is 1. The summed E-state index contributed by atoms with van der Waals surface area (Å²) in [6.07, 6.45) is 2.26. The average molecular weight is 259 g/mol. The van der Waals surface area contributed by atoms with E-state index in [0.717, 1.165) is 18.4 Å². The fourth-order valence-corrected chi connectivity index (χ4v) is 2.32. The number of benzene rings is 2. The topological polar surface area (TPSA) is 12.0 Å². The maximum Gasteiger partial charge on any atom is 0.146 e. The zero-order chi connectivity index (χ0) is 13.2. The molecule has 0 spiro atoms. The van der Waals surface area contributed by atoms with Gasteiger partial charge in [-0.1, -0.05) is 24.3 Å². The highest BCUT2D eigenvalue weighted by molar-refractivity contribution is 5.47. The lowest BCUT2D eigenvalue weighted by atomic mass is 10.0. The standard InChI is InChI=1S/C16H15F2N/c17-13-9-7-12(8-10-13)16(11-5-6-11)19-15-4-2-1-3-14(15)18/h1-4,7-11,16,19H,5-6H2. The van der Waals surface area contributed by atoms with E-state index in [9.17, 15) is 8.78 Å². The van der Waals surface area contributed by atoms with Crippen LogP contribution >= 0.6 is 0 Å². The van der Waals surface area contributed by atoms with E-state index in [1.807, 2.05) is 0 Å². The molecule has 0 aromatic heterocycles. The Hall–Kier alpha value is -1.90. The minimum Gasteiger partial charge on any atom is -0.376 e. The normalized spacial score (nSPS) is 16.1.